The molecule has 0 aliphatic rings. The van der Waals surface area contributed by atoms with Gasteiger partial charge in [0, 0.05) is 10.2 Å². The molecule has 0 unspecified atom stereocenters. The summed E-state index contributed by atoms with van der Waals surface area (Å²) >= 11 is 3.35. The number of anilines is 1. The van der Waals surface area contributed by atoms with E-state index in [1.54, 1.807) is 12.1 Å². The maximum Gasteiger partial charge on any atom is 0.276 e. The van der Waals surface area contributed by atoms with Crippen LogP contribution in [0.25, 0.3) is 0 Å². The second kappa shape index (κ2) is 9.72. The first-order valence-electron chi connectivity index (χ1n) is 8.01. The van der Waals surface area contributed by atoms with Crippen LogP contribution in [0.4, 0.5) is 10.1 Å². The molecule has 0 aliphatic carbocycles. The number of hydrogen-bond acceptors (Lipinski definition) is 4. The highest BCUT2D eigenvalue weighted by molar-refractivity contribution is 9.10. The van der Waals surface area contributed by atoms with Crippen LogP contribution in [0, 0.1) is 12.7 Å². The number of aryl methyl sites for hydroxylation is 1. The maximum atomic E-state index is 13.5. The van der Waals surface area contributed by atoms with Crippen LogP contribution < -0.4 is 20.9 Å². The molecule has 0 fully saturated rings. The van der Waals surface area contributed by atoms with Crippen LogP contribution >= 0.6 is 15.9 Å². The van der Waals surface area contributed by atoms with Gasteiger partial charge in [-0.1, -0.05) is 34.6 Å². The Bertz CT molecular complexity index is 858. The van der Waals surface area contributed by atoms with Crippen molar-refractivity contribution in [1.29, 1.82) is 0 Å². The summed E-state index contributed by atoms with van der Waals surface area (Å²) in [7, 11) is 0. The fourth-order valence-corrected chi connectivity index (χ4v) is 2.58. The van der Waals surface area contributed by atoms with E-state index in [-0.39, 0.29) is 24.4 Å². The molecule has 2 aromatic rings. The Labute approximate surface area is 164 Å². The van der Waals surface area contributed by atoms with Crippen LogP contribution in [0.3, 0.4) is 0 Å². The van der Waals surface area contributed by atoms with E-state index in [0.717, 1.165) is 10.0 Å². The molecule has 8 heteroatoms. The van der Waals surface area contributed by atoms with Gasteiger partial charge in [-0.3, -0.25) is 15.0 Å². The second-order valence-corrected chi connectivity index (χ2v) is 6.60. The van der Waals surface area contributed by atoms with Crippen molar-refractivity contribution < 1.29 is 18.7 Å². The summed E-state index contributed by atoms with van der Waals surface area (Å²) in [6, 6.07) is 11.3. The third kappa shape index (κ3) is 6.74. The van der Waals surface area contributed by atoms with Crippen molar-refractivity contribution in [1.82, 2.24) is 10.9 Å². The molecular formula is C19H19BrFN3O3. The van der Waals surface area contributed by atoms with Gasteiger partial charge in [0.05, 0.1) is 12.1 Å². The number of rotatable bonds is 8. The summed E-state index contributed by atoms with van der Waals surface area (Å²) in [5.41, 5.74) is 6.14. The zero-order valence-electron chi connectivity index (χ0n) is 14.6. The third-order valence-corrected chi connectivity index (χ3v) is 3.89. The van der Waals surface area contributed by atoms with E-state index >= 15 is 0 Å². The fourth-order valence-electron chi connectivity index (χ4n) is 2.11. The van der Waals surface area contributed by atoms with Gasteiger partial charge in [0.15, 0.2) is 6.61 Å². The van der Waals surface area contributed by atoms with Gasteiger partial charge in [0.1, 0.15) is 11.6 Å². The predicted octanol–water partition coefficient (Wildman–Crippen LogP) is 3.44. The average molecular weight is 436 g/mol. The minimum Gasteiger partial charge on any atom is -0.483 e. The summed E-state index contributed by atoms with van der Waals surface area (Å²) < 4.78 is 19.8. The van der Waals surface area contributed by atoms with Gasteiger partial charge in [0.25, 0.3) is 5.91 Å². The van der Waals surface area contributed by atoms with E-state index in [9.17, 15) is 14.0 Å². The molecule has 2 aromatic carbocycles. The maximum absolute atomic E-state index is 13.5. The molecule has 2 rings (SSSR count). The highest BCUT2D eigenvalue weighted by atomic mass is 79.9. The van der Waals surface area contributed by atoms with E-state index in [2.05, 4.69) is 38.7 Å². The van der Waals surface area contributed by atoms with E-state index in [1.165, 1.54) is 18.2 Å². The Kier molecular flexibility index (Phi) is 7.36. The number of carbonyl (C=O) groups is 2. The quantitative estimate of drug-likeness (QED) is 0.554. The highest BCUT2D eigenvalue weighted by Crippen LogP contribution is 2.21. The molecule has 0 spiro atoms. The standard InChI is InChI=1S/C19H19BrFN3O3/c1-12-9-14(20)7-8-17(12)27-11-19(26)24-23-13(2)10-18(25)22-16-6-4-3-5-15(16)21/h3-9,23H,2,10-11H2,1H3,(H,22,25)(H,24,26). The summed E-state index contributed by atoms with van der Waals surface area (Å²) in [4.78, 5) is 23.7. The molecule has 0 aliphatic heterocycles. The van der Waals surface area contributed by atoms with E-state index < -0.39 is 17.6 Å². The van der Waals surface area contributed by atoms with Crippen molar-refractivity contribution in [2.45, 2.75) is 13.3 Å². The van der Waals surface area contributed by atoms with Crippen LogP contribution in [-0.2, 0) is 9.59 Å². The van der Waals surface area contributed by atoms with Gasteiger partial charge in [-0.05, 0) is 42.8 Å². The number of carbonyl (C=O) groups excluding carboxylic acids is 2. The monoisotopic (exact) mass is 435 g/mol. The number of amides is 2. The van der Waals surface area contributed by atoms with Gasteiger partial charge in [-0.25, -0.2) is 4.39 Å². The van der Waals surface area contributed by atoms with E-state index in [4.69, 9.17) is 4.74 Å². The lowest BCUT2D eigenvalue weighted by Gasteiger charge is -2.13. The fraction of sp³-hybridized carbons (Fsp3) is 0.158. The molecule has 0 atom stereocenters. The molecule has 3 N–H and O–H groups in total. The first-order chi connectivity index (χ1) is 12.8. The zero-order valence-corrected chi connectivity index (χ0v) is 16.2. The Hall–Kier alpha value is -2.87. The van der Waals surface area contributed by atoms with Crippen LogP contribution in [0.1, 0.15) is 12.0 Å². The Morgan fingerprint density at radius 2 is 1.89 bits per heavy atom. The van der Waals surface area contributed by atoms with Crippen LogP contribution in [-0.4, -0.2) is 18.4 Å². The van der Waals surface area contributed by atoms with E-state index in [0.29, 0.717) is 5.75 Å². The second-order valence-electron chi connectivity index (χ2n) is 5.68. The van der Waals surface area contributed by atoms with Crippen LogP contribution in [0.15, 0.2) is 59.2 Å². The first-order valence-corrected chi connectivity index (χ1v) is 8.80. The normalized spacial score (nSPS) is 10.0. The molecular weight excluding hydrogens is 417 g/mol. The predicted molar refractivity (Wildman–Crippen MR) is 104 cm³/mol. The molecule has 0 saturated heterocycles. The minimum absolute atomic E-state index is 0.0811. The van der Waals surface area contributed by atoms with Crippen LogP contribution in [0.2, 0.25) is 0 Å². The molecule has 0 heterocycles. The van der Waals surface area contributed by atoms with Crippen molar-refractivity contribution in [3.63, 3.8) is 0 Å². The lowest BCUT2D eigenvalue weighted by molar-refractivity contribution is -0.124. The third-order valence-electron chi connectivity index (χ3n) is 3.40. The van der Waals surface area contributed by atoms with Crippen molar-refractivity contribution in [3.8, 4) is 5.75 Å². The highest BCUT2D eigenvalue weighted by Gasteiger charge is 2.09. The molecule has 2 amide bonds. The average Bonchev–Trinajstić information content (AvgIpc) is 2.61. The van der Waals surface area contributed by atoms with Crippen molar-refractivity contribution in [2.75, 3.05) is 11.9 Å². The van der Waals surface area contributed by atoms with Gasteiger partial charge >= 0.3 is 0 Å². The van der Waals surface area contributed by atoms with Gasteiger partial charge in [-0.15, -0.1) is 0 Å². The summed E-state index contributed by atoms with van der Waals surface area (Å²) in [6.45, 7) is 5.31. The lowest BCUT2D eigenvalue weighted by atomic mass is 10.2. The number of hydrogen-bond donors (Lipinski definition) is 3. The zero-order chi connectivity index (χ0) is 19.8. The number of nitrogens with one attached hydrogen (secondary N) is 3. The molecule has 27 heavy (non-hydrogen) atoms. The summed E-state index contributed by atoms with van der Waals surface area (Å²) in [5.74, 6) is -0.837. The minimum atomic E-state index is -0.530. The number of halogens is 2. The molecule has 0 saturated carbocycles. The Balaban J connectivity index is 1.72. The molecule has 0 radical (unpaired) electrons. The summed E-state index contributed by atoms with van der Waals surface area (Å²) in [6.07, 6.45) is -0.138. The largest absolute Gasteiger partial charge is 0.483 e. The number of para-hydroxylation sites is 1. The molecule has 0 aromatic heterocycles. The van der Waals surface area contributed by atoms with Crippen molar-refractivity contribution in [2.24, 2.45) is 0 Å². The lowest BCUT2D eigenvalue weighted by Crippen LogP contribution is -2.40. The first kappa shape index (κ1) is 20.4. The number of ether oxygens (including phenoxy) is 1. The van der Waals surface area contributed by atoms with Gasteiger partial charge in [-0.2, -0.15) is 0 Å². The van der Waals surface area contributed by atoms with Gasteiger partial charge < -0.3 is 15.5 Å². The molecule has 142 valence electrons. The van der Waals surface area contributed by atoms with Crippen molar-refractivity contribution >= 4 is 33.4 Å². The number of benzene rings is 2. The topological polar surface area (TPSA) is 79.5 Å². The van der Waals surface area contributed by atoms with E-state index in [1.807, 2.05) is 19.1 Å². The molecule has 6 nitrogen and oxygen atoms in total. The Morgan fingerprint density at radius 1 is 1.15 bits per heavy atom. The number of hydrazine groups is 1. The molecule has 0 bridgehead atoms. The smallest absolute Gasteiger partial charge is 0.276 e. The summed E-state index contributed by atoms with van der Waals surface area (Å²) in [5, 5.41) is 2.43. The van der Waals surface area contributed by atoms with Gasteiger partial charge in [0.2, 0.25) is 5.91 Å². The Morgan fingerprint density at radius 3 is 2.59 bits per heavy atom. The SMILES string of the molecule is C=C(CC(=O)Nc1ccccc1F)NNC(=O)COc1ccc(Br)cc1C. The van der Waals surface area contributed by atoms with Crippen LogP contribution in [0.5, 0.6) is 5.75 Å². The van der Waals surface area contributed by atoms with Crippen molar-refractivity contribution in [3.05, 3.63) is 70.6 Å².